The summed E-state index contributed by atoms with van der Waals surface area (Å²) in [4.78, 5) is 8.33. The molecule has 0 aromatic carbocycles. The first-order chi connectivity index (χ1) is 1.73. The number of carbonyl (C=O) groups excluding carboxylic acids is 1. The molecule has 0 N–H and O–H groups in total. The van der Waals surface area contributed by atoms with Gasteiger partial charge >= 0.3 is 37.7 Å². The topological polar surface area (TPSA) is 63.2 Å². The Hall–Kier alpha value is 1.35. The van der Waals surface area contributed by atoms with Crippen LogP contribution < -0.4 is 47.9 Å². The van der Waals surface area contributed by atoms with Gasteiger partial charge < -0.3 is 15.0 Å². The number of hydrogen-bond acceptors (Lipinski definition) is 3. The molecule has 0 amide bonds. The smallest absolute Gasteiger partial charge is 0.652 e. The van der Waals surface area contributed by atoms with Crippen LogP contribution in [0.25, 0.3) is 0 Å². The van der Waals surface area contributed by atoms with E-state index in [1.54, 1.807) is 0 Å². The molecule has 6 heteroatoms. The Bertz CT molecular complexity index is 35.9. The molecule has 0 spiro atoms. The summed E-state index contributed by atoms with van der Waals surface area (Å²) in [6, 6.07) is 0. The molecule has 0 unspecified atom stereocenters. The Labute approximate surface area is 84.3 Å². The van der Waals surface area contributed by atoms with Gasteiger partial charge in [0.05, 0.1) is 0 Å². The van der Waals surface area contributed by atoms with Crippen LogP contribution in [-0.2, 0) is 26.2 Å². The first-order valence-electron chi connectivity index (χ1n) is 0.612. The van der Waals surface area contributed by atoms with Gasteiger partial charge in [0.25, 0.3) is 0 Å². The molecule has 0 heterocycles. The van der Waals surface area contributed by atoms with E-state index in [1.165, 1.54) is 0 Å². The van der Waals surface area contributed by atoms with Crippen molar-refractivity contribution in [3.05, 3.63) is 0 Å². The van der Waals surface area contributed by atoms with Gasteiger partial charge in [-0.1, -0.05) is 0 Å². The summed E-state index contributed by atoms with van der Waals surface area (Å²) in [5, 5.41) is 16.7. The largest absolute Gasteiger partial charge is 1.00 e. The van der Waals surface area contributed by atoms with Crippen LogP contribution in [0.3, 0.4) is 0 Å². The van der Waals surface area contributed by atoms with Crippen molar-refractivity contribution in [1.29, 1.82) is 0 Å². The van der Waals surface area contributed by atoms with E-state index in [4.69, 9.17) is 15.0 Å². The molecule has 0 saturated heterocycles. The minimum absolute atomic E-state index is 0. The van der Waals surface area contributed by atoms with Gasteiger partial charge in [-0.2, -0.15) is 0 Å². The number of carbonyl (C=O) groups is 1. The standard InChI is InChI=1S/CH2O3.2Li.Zr/c2-1(3)4;;;/h(H2,2,3,4);;;/q;2*+1;/p-2. The van der Waals surface area contributed by atoms with E-state index in [1.807, 2.05) is 0 Å². The summed E-state index contributed by atoms with van der Waals surface area (Å²) < 4.78 is 0. The molecule has 0 radical (unpaired) electrons. The van der Waals surface area contributed by atoms with E-state index in [2.05, 4.69) is 0 Å². The Morgan fingerprint density at radius 3 is 1.14 bits per heavy atom. The molecule has 3 nitrogen and oxygen atoms in total. The van der Waals surface area contributed by atoms with Crippen LogP contribution in [0.2, 0.25) is 0 Å². The van der Waals surface area contributed by atoms with Crippen LogP contribution in [0, 0.1) is 0 Å². The molecule has 0 fully saturated rings. The van der Waals surface area contributed by atoms with Gasteiger partial charge in [0.2, 0.25) is 0 Å². The Morgan fingerprint density at radius 2 is 1.14 bits per heavy atom. The predicted octanol–water partition coefficient (Wildman–Crippen LogP) is -8.44. The van der Waals surface area contributed by atoms with Crippen LogP contribution in [-0.4, -0.2) is 6.16 Å². The molecule has 0 aliphatic heterocycles. The summed E-state index contributed by atoms with van der Waals surface area (Å²) >= 11 is 0. The second-order valence-corrected chi connectivity index (χ2v) is 0.250. The summed E-state index contributed by atoms with van der Waals surface area (Å²) in [5.74, 6) is 0. The molecule has 0 aromatic heterocycles. The molecule has 0 saturated carbocycles. The van der Waals surface area contributed by atoms with Gasteiger partial charge in [-0.05, 0) is 6.16 Å². The van der Waals surface area contributed by atoms with Crippen molar-refractivity contribution in [3.8, 4) is 0 Å². The summed E-state index contributed by atoms with van der Waals surface area (Å²) in [6.45, 7) is 0. The van der Waals surface area contributed by atoms with Crippen molar-refractivity contribution in [1.82, 2.24) is 0 Å². The van der Waals surface area contributed by atoms with Gasteiger partial charge in [0.15, 0.2) is 0 Å². The van der Waals surface area contributed by atoms with E-state index in [9.17, 15) is 0 Å². The molecule has 0 aromatic rings. The summed E-state index contributed by atoms with van der Waals surface area (Å²) in [7, 11) is 0. The predicted molar refractivity (Wildman–Crippen MR) is 5.40 cm³/mol. The van der Waals surface area contributed by atoms with Gasteiger partial charge in [0.1, 0.15) is 0 Å². The van der Waals surface area contributed by atoms with Crippen LogP contribution >= 0.6 is 0 Å². The third kappa shape index (κ3) is 116. The monoisotopic (exact) mass is 164 g/mol. The molecule has 0 aliphatic carbocycles. The van der Waals surface area contributed by atoms with Crippen LogP contribution in [0.5, 0.6) is 0 Å². The fraction of sp³-hybridized carbons (Fsp3) is 0. The Morgan fingerprint density at radius 1 is 1.14 bits per heavy atom. The average Bonchev–Trinajstić information content (AvgIpc) is 0.811. The molecular formula is CLi2O3Zr. The zero-order valence-corrected chi connectivity index (χ0v) is 6.68. The zero-order chi connectivity index (χ0) is 3.58. The van der Waals surface area contributed by atoms with Crippen LogP contribution in [0.1, 0.15) is 0 Å². The second kappa shape index (κ2) is 15.7. The van der Waals surface area contributed by atoms with E-state index in [0.29, 0.717) is 0 Å². The molecule has 0 rings (SSSR count). The summed E-state index contributed by atoms with van der Waals surface area (Å²) in [6.07, 6.45) is -2.33. The third-order valence-corrected chi connectivity index (χ3v) is 0. The Kier molecular flexibility index (Phi) is 53.3. The van der Waals surface area contributed by atoms with Crippen LogP contribution in [0.15, 0.2) is 0 Å². The number of hydrogen-bond donors (Lipinski definition) is 0. The van der Waals surface area contributed by atoms with Crippen molar-refractivity contribution in [2.75, 3.05) is 0 Å². The van der Waals surface area contributed by atoms with E-state index >= 15 is 0 Å². The van der Waals surface area contributed by atoms with E-state index in [-0.39, 0.29) is 63.9 Å². The maximum absolute atomic E-state index is 8.33. The van der Waals surface area contributed by atoms with Crippen molar-refractivity contribution in [3.63, 3.8) is 0 Å². The van der Waals surface area contributed by atoms with Crippen molar-refractivity contribution in [2.24, 2.45) is 0 Å². The van der Waals surface area contributed by atoms with Gasteiger partial charge in [-0.3, -0.25) is 0 Å². The second-order valence-electron chi connectivity index (χ2n) is 0.250. The SMILES string of the molecule is O=C([O-])[O-].[Li+].[Li+].[Zr]. The van der Waals surface area contributed by atoms with Gasteiger partial charge in [-0.15, -0.1) is 0 Å². The van der Waals surface area contributed by atoms with Crippen molar-refractivity contribution < 1.29 is 78.9 Å². The van der Waals surface area contributed by atoms with E-state index in [0.717, 1.165) is 0 Å². The maximum Gasteiger partial charge on any atom is 1.00 e. The van der Waals surface area contributed by atoms with Crippen molar-refractivity contribution >= 4 is 6.16 Å². The van der Waals surface area contributed by atoms with Crippen LogP contribution in [0.4, 0.5) is 4.79 Å². The quantitative estimate of drug-likeness (QED) is 0.335. The fourth-order valence-corrected chi connectivity index (χ4v) is 0. The molecule has 7 heavy (non-hydrogen) atoms. The molecule has 0 atom stereocenters. The normalized spacial score (nSPS) is 3.43. The number of rotatable bonds is 0. The van der Waals surface area contributed by atoms with Crippen molar-refractivity contribution in [2.45, 2.75) is 0 Å². The molecule has 0 aliphatic rings. The minimum Gasteiger partial charge on any atom is -0.652 e. The molecular weight excluding hydrogens is 165 g/mol. The molecule has 28 valence electrons. The fourth-order valence-electron chi connectivity index (χ4n) is 0. The zero-order valence-electron chi connectivity index (χ0n) is 4.22. The molecule has 0 bridgehead atoms. The number of carboxylic acid groups (broad SMARTS) is 2. The average molecular weight is 165 g/mol. The Balaban J connectivity index is -0.0000000150. The first-order valence-corrected chi connectivity index (χ1v) is 0.612. The van der Waals surface area contributed by atoms with Gasteiger partial charge in [-0.25, -0.2) is 0 Å². The third-order valence-electron chi connectivity index (χ3n) is 0. The minimum atomic E-state index is -2.33. The van der Waals surface area contributed by atoms with E-state index < -0.39 is 6.16 Å². The summed E-state index contributed by atoms with van der Waals surface area (Å²) in [5.41, 5.74) is 0. The van der Waals surface area contributed by atoms with Gasteiger partial charge in [0, 0.05) is 26.2 Å². The maximum atomic E-state index is 8.33. The first kappa shape index (κ1) is 23.8.